The lowest BCUT2D eigenvalue weighted by Gasteiger charge is -2.09. The molecular formula is C18H17Cl2N3O. The first kappa shape index (κ1) is 16.8. The molecule has 1 N–H and O–H groups in total. The van der Waals surface area contributed by atoms with Crippen molar-refractivity contribution in [2.75, 3.05) is 5.32 Å². The lowest BCUT2D eigenvalue weighted by Crippen LogP contribution is -2.16. The van der Waals surface area contributed by atoms with Gasteiger partial charge in [-0.25, -0.2) is 4.98 Å². The molecular weight excluding hydrogens is 345 g/mol. The molecule has 0 aliphatic rings. The minimum atomic E-state index is -0.251. The molecule has 0 fully saturated rings. The Morgan fingerprint density at radius 3 is 2.79 bits per heavy atom. The Labute approximate surface area is 150 Å². The number of hydrogen-bond donors (Lipinski definition) is 1. The van der Waals surface area contributed by atoms with Crippen LogP contribution in [0.4, 0.5) is 5.69 Å². The number of hydrogen-bond acceptors (Lipinski definition) is 2. The lowest BCUT2D eigenvalue weighted by molar-refractivity contribution is 0.102. The van der Waals surface area contributed by atoms with Gasteiger partial charge >= 0.3 is 0 Å². The number of rotatable bonds is 4. The third-order valence-electron chi connectivity index (χ3n) is 3.73. The largest absolute Gasteiger partial charge is 0.319 e. The van der Waals surface area contributed by atoms with Crippen LogP contribution in [0.3, 0.4) is 0 Å². The zero-order valence-corrected chi connectivity index (χ0v) is 14.9. The molecule has 3 rings (SSSR count). The molecule has 2 heterocycles. The summed E-state index contributed by atoms with van der Waals surface area (Å²) in [6.45, 7) is 4.06. The van der Waals surface area contributed by atoms with Gasteiger partial charge in [0.05, 0.1) is 16.4 Å². The highest BCUT2D eigenvalue weighted by atomic mass is 35.5. The Kier molecular flexibility index (Phi) is 4.78. The van der Waals surface area contributed by atoms with E-state index in [2.05, 4.69) is 17.2 Å². The molecule has 0 atom stereocenters. The smallest absolute Gasteiger partial charge is 0.274 e. The topological polar surface area (TPSA) is 46.4 Å². The van der Waals surface area contributed by atoms with Crippen molar-refractivity contribution in [3.8, 4) is 0 Å². The van der Waals surface area contributed by atoms with E-state index in [9.17, 15) is 4.79 Å². The first-order valence-corrected chi connectivity index (χ1v) is 8.49. The summed E-state index contributed by atoms with van der Waals surface area (Å²) in [7, 11) is 0. The fourth-order valence-electron chi connectivity index (χ4n) is 2.62. The van der Waals surface area contributed by atoms with Crippen molar-refractivity contribution in [2.24, 2.45) is 0 Å². The number of nitrogens with zero attached hydrogens (tertiary/aromatic N) is 2. The maximum atomic E-state index is 12.9. The second-order valence-corrected chi connectivity index (χ2v) is 6.51. The van der Waals surface area contributed by atoms with Crippen LogP contribution in [0, 0.1) is 6.92 Å². The molecule has 0 radical (unpaired) electrons. The molecule has 1 amide bonds. The number of halogens is 2. The van der Waals surface area contributed by atoms with Crippen molar-refractivity contribution >= 4 is 40.4 Å². The van der Waals surface area contributed by atoms with Crippen LogP contribution >= 0.6 is 23.2 Å². The molecule has 4 nitrogen and oxygen atoms in total. The molecule has 0 saturated heterocycles. The Hall–Kier alpha value is -2.04. The molecule has 3 aromatic rings. The number of fused-ring (bicyclic) bond motifs is 1. The van der Waals surface area contributed by atoms with E-state index in [4.69, 9.17) is 23.2 Å². The average molecular weight is 362 g/mol. The molecule has 0 unspecified atom stereocenters. The second kappa shape index (κ2) is 6.83. The summed E-state index contributed by atoms with van der Waals surface area (Å²) in [5, 5.41) is 3.79. The van der Waals surface area contributed by atoms with E-state index in [1.54, 1.807) is 18.2 Å². The predicted octanol–water partition coefficient (Wildman–Crippen LogP) is 5.15. The van der Waals surface area contributed by atoms with Crippen LogP contribution in [0.25, 0.3) is 5.65 Å². The van der Waals surface area contributed by atoms with Gasteiger partial charge < -0.3 is 5.32 Å². The normalized spacial score (nSPS) is 11.0. The number of amides is 1. The fourth-order valence-corrected chi connectivity index (χ4v) is 2.96. The van der Waals surface area contributed by atoms with Crippen molar-refractivity contribution in [1.29, 1.82) is 0 Å². The molecule has 24 heavy (non-hydrogen) atoms. The minimum Gasteiger partial charge on any atom is -0.319 e. The number of carbonyl (C=O) groups is 1. The summed E-state index contributed by atoms with van der Waals surface area (Å²) in [5.74, 6) is -0.251. The maximum absolute atomic E-state index is 12.9. The number of imidazole rings is 1. The molecule has 0 aliphatic carbocycles. The lowest BCUT2D eigenvalue weighted by atomic mass is 10.2. The van der Waals surface area contributed by atoms with Crippen LogP contribution in [-0.2, 0) is 6.42 Å². The van der Waals surface area contributed by atoms with E-state index in [0.717, 1.165) is 29.7 Å². The number of benzene rings is 1. The van der Waals surface area contributed by atoms with E-state index in [1.165, 1.54) is 0 Å². The SMILES string of the molecule is CCCc1nc2cc(C)ccn2c1C(=O)Nc1cc(Cl)ccc1Cl. The van der Waals surface area contributed by atoms with Gasteiger partial charge in [-0.15, -0.1) is 0 Å². The molecule has 1 aromatic carbocycles. The Morgan fingerprint density at radius 2 is 2.04 bits per heavy atom. The molecule has 0 aliphatic heterocycles. The van der Waals surface area contributed by atoms with Gasteiger partial charge in [0.25, 0.3) is 5.91 Å². The third-order valence-corrected chi connectivity index (χ3v) is 4.30. The van der Waals surface area contributed by atoms with E-state index in [-0.39, 0.29) is 5.91 Å². The number of aromatic nitrogens is 2. The van der Waals surface area contributed by atoms with Crippen LogP contribution in [0.5, 0.6) is 0 Å². The van der Waals surface area contributed by atoms with Crippen molar-refractivity contribution in [2.45, 2.75) is 26.7 Å². The van der Waals surface area contributed by atoms with E-state index < -0.39 is 0 Å². The van der Waals surface area contributed by atoms with Crippen molar-refractivity contribution < 1.29 is 4.79 Å². The van der Waals surface area contributed by atoms with Crippen molar-refractivity contribution in [1.82, 2.24) is 9.38 Å². The van der Waals surface area contributed by atoms with Crippen LogP contribution in [0.1, 0.15) is 35.1 Å². The minimum absolute atomic E-state index is 0.251. The number of carbonyl (C=O) groups excluding carboxylic acids is 1. The van der Waals surface area contributed by atoms with Gasteiger partial charge in [0.2, 0.25) is 0 Å². The van der Waals surface area contributed by atoms with Gasteiger partial charge in [0.1, 0.15) is 11.3 Å². The van der Waals surface area contributed by atoms with Gasteiger partial charge in [-0.3, -0.25) is 9.20 Å². The highest BCUT2D eigenvalue weighted by molar-refractivity contribution is 6.35. The summed E-state index contributed by atoms with van der Waals surface area (Å²) in [4.78, 5) is 17.5. The summed E-state index contributed by atoms with van der Waals surface area (Å²) in [5.41, 5.74) is 3.65. The van der Waals surface area contributed by atoms with Crippen LogP contribution in [-0.4, -0.2) is 15.3 Å². The van der Waals surface area contributed by atoms with Crippen molar-refractivity contribution in [3.63, 3.8) is 0 Å². The second-order valence-electron chi connectivity index (χ2n) is 5.67. The summed E-state index contributed by atoms with van der Waals surface area (Å²) >= 11 is 12.1. The monoisotopic (exact) mass is 361 g/mol. The van der Waals surface area contributed by atoms with Crippen LogP contribution in [0.15, 0.2) is 36.5 Å². The summed E-state index contributed by atoms with van der Waals surface area (Å²) in [6.07, 6.45) is 3.50. The Morgan fingerprint density at radius 1 is 1.25 bits per heavy atom. The molecule has 0 saturated carbocycles. The maximum Gasteiger partial charge on any atom is 0.274 e. The Bertz CT molecular complexity index is 918. The first-order chi connectivity index (χ1) is 11.5. The number of aryl methyl sites for hydroxylation is 2. The van der Waals surface area contributed by atoms with Gasteiger partial charge in [-0.2, -0.15) is 0 Å². The van der Waals surface area contributed by atoms with E-state index in [0.29, 0.717) is 21.4 Å². The molecule has 124 valence electrons. The van der Waals surface area contributed by atoms with Crippen LogP contribution < -0.4 is 5.32 Å². The number of anilines is 1. The predicted molar refractivity (Wildman–Crippen MR) is 98.3 cm³/mol. The third kappa shape index (κ3) is 3.25. The van der Waals surface area contributed by atoms with Gasteiger partial charge in [0.15, 0.2) is 0 Å². The zero-order valence-electron chi connectivity index (χ0n) is 13.4. The quantitative estimate of drug-likeness (QED) is 0.697. The highest BCUT2D eigenvalue weighted by Crippen LogP contribution is 2.26. The fraction of sp³-hybridized carbons (Fsp3) is 0.222. The number of nitrogens with one attached hydrogen (secondary N) is 1. The van der Waals surface area contributed by atoms with Gasteiger partial charge in [0, 0.05) is 11.2 Å². The number of pyridine rings is 1. The van der Waals surface area contributed by atoms with Gasteiger partial charge in [-0.05, 0) is 49.2 Å². The van der Waals surface area contributed by atoms with Crippen molar-refractivity contribution in [3.05, 3.63) is 63.5 Å². The standard InChI is InChI=1S/C18H17Cl2N3O/c1-3-4-14-17(23-8-7-11(2)9-16(23)21-14)18(24)22-15-10-12(19)5-6-13(15)20/h5-10H,3-4H2,1-2H3,(H,22,24). The van der Waals surface area contributed by atoms with Gasteiger partial charge in [-0.1, -0.05) is 36.5 Å². The summed E-state index contributed by atoms with van der Waals surface area (Å²) < 4.78 is 1.81. The average Bonchev–Trinajstić information content (AvgIpc) is 2.88. The Balaban J connectivity index is 2.05. The molecule has 6 heteroatoms. The van der Waals surface area contributed by atoms with Crippen LogP contribution in [0.2, 0.25) is 10.0 Å². The van der Waals surface area contributed by atoms with E-state index >= 15 is 0 Å². The highest BCUT2D eigenvalue weighted by Gasteiger charge is 2.19. The molecule has 0 spiro atoms. The molecule has 0 bridgehead atoms. The zero-order chi connectivity index (χ0) is 17.3. The first-order valence-electron chi connectivity index (χ1n) is 7.73. The summed E-state index contributed by atoms with van der Waals surface area (Å²) in [6, 6.07) is 8.88. The molecule has 2 aromatic heterocycles. The van der Waals surface area contributed by atoms with E-state index in [1.807, 2.05) is 29.7 Å².